The molecule has 3 atom stereocenters. The number of nitrogens with zero attached hydrogens (tertiary/aromatic N) is 5. The van der Waals surface area contributed by atoms with Gasteiger partial charge in [0, 0.05) is 66.6 Å². The number of rotatable bonds is 7. The number of fused-ring (bicyclic) bond motifs is 4. The minimum Gasteiger partial charge on any atom is -0.463 e. The number of halogens is 5. The molecule has 3 aliphatic heterocycles. The van der Waals surface area contributed by atoms with E-state index in [2.05, 4.69) is 15.2 Å². The van der Waals surface area contributed by atoms with Crippen LogP contribution in [0.25, 0.3) is 32.1 Å². The molecule has 4 fully saturated rings. The molecule has 47 heavy (non-hydrogen) atoms. The van der Waals surface area contributed by atoms with Crippen LogP contribution in [0.3, 0.4) is 0 Å². The summed E-state index contributed by atoms with van der Waals surface area (Å²) >= 11 is 7.75. The molecule has 5 heterocycles. The van der Waals surface area contributed by atoms with Gasteiger partial charge in [0.2, 0.25) is 0 Å². The highest BCUT2D eigenvalue weighted by Gasteiger charge is 2.47. The second-order valence-electron chi connectivity index (χ2n) is 13.5. The van der Waals surface area contributed by atoms with Crippen molar-refractivity contribution in [2.24, 2.45) is 5.41 Å². The summed E-state index contributed by atoms with van der Waals surface area (Å²) in [5.74, 6) is -0.874. The van der Waals surface area contributed by atoms with E-state index < -0.39 is 29.4 Å². The molecule has 4 aromatic rings. The zero-order chi connectivity index (χ0) is 32.6. The number of hydrogen-bond acceptors (Lipinski definition) is 9. The number of aromatic nitrogens is 2. The van der Waals surface area contributed by atoms with E-state index in [1.165, 1.54) is 12.1 Å². The standard InChI is InChI=1S/C33H32ClF4N7OS/c34-23-7-21-28(27(38)26(23)20-3-4-24(37)29-25(20)22(10-39)30(40)47-29)42-32(43-31(21)45-12-18-1-2-19(13-45)41-18)46-15-33(8-17(36)9-33)14-44-6-5-16(35)11-44/h3-4,7,16-19,41H,1-2,5-6,8-9,11-15,40H2/t16-,17-,18?,19?,33+/m1/s1. The maximum Gasteiger partial charge on any atom is 0.319 e. The molecule has 0 radical (unpaired) electrons. The summed E-state index contributed by atoms with van der Waals surface area (Å²) in [4.78, 5) is 13.4. The van der Waals surface area contributed by atoms with Gasteiger partial charge in [-0.2, -0.15) is 15.2 Å². The van der Waals surface area contributed by atoms with Crippen LogP contribution >= 0.6 is 22.9 Å². The highest BCUT2D eigenvalue weighted by atomic mass is 35.5. The van der Waals surface area contributed by atoms with E-state index in [1.807, 2.05) is 11.0 Å². The average Bonchev–Trinajstić information content (AvgIpc) is 3.71. The monoisotopic (exact) mass is 685 g/mol. The van der Waals surface area contributed by atoms with Gasteiger partial charge in [-0.15, -0.1) is 11.3 Å². The lowest BCUT2D eigenvalue weighted by Gasteiger charge is -2.45. The molecule has 14 heteroatoms. The summed E-state index contributed by atoms with van der Waals surface area (Å²) in [6, 6.07) is 6.67. The van der Waals surface area contributed by atoms with Crippen LogP contribution in [0, 0.1) is 28.4 Å². The third-order valence-corrected chi connectivity index (χ3v) is 11.5. The molecule has 2 aromatic carbocycles. The van der Waals surface area contributed by atoms with Gasteiger partial charge in [0.05, 0.1) is 21.9 Å². The van der Waals surface area contributed by atoms with E-state index in [-0.39, 0.29) is 79.9 Å². The number of piperazine rings is 1. The second kappa shape index (κ2) is 11.6. The molecule has 2 unspecified atom stereocenters. The number of nitrogen functional groups attached to an aromatic ring is 1. The summed E-state index contributed by atoms with van der Waals surface area (Å²) in [7, 11) is 0. The Morgan fingerprint density at radius 2 is 1.87 bits per heavy atom. The average molecular weight is 686 g/mol. The molecular formula is C33H32ClF4N7OS. The molecule has 1 aliphatic carbocycles. The van der Waals surface area contributed by atoms with Crippen LogP contribution < -0.4 is 20.7 Å². The number of likely N-dealkylation sites (tertiary alicyclic amines) is 1. The number of thiophene rings is 1. The first-order valence-electron chi connectivity index (χ1n) is 15.9. The van der Waals surface area contributed by atoms with Crippen LogP contribution in [0.1, 0.15) is 37.7 Å². The van der Waals surface area contributed by atoms with Gasteiger partial charge in [0.25, 0.3) is 0 Å². The Hall–Kier alpha value is -3.44. The largest absolute Gasteiger partial charge is 0.463 e. The molecule has 1 saturated carbocycles. The van der Waals surface area contributed by atoms with Gasteiger partial charge >= 0.3 is 6.01 Å². The minimum atomic E-state index is -0.967. The van der Waals surface area contributed by atoms with Gasteiger partial charge in [-0.3, -0.25) is 4.90 Å². The minimum absolute atomic E-state index is 0.0414. The molecule has 3 N–H and O–H groups in total. The van der Waals surface area contributed by atoms with Gasteiger partial charge in [-0.25, -0.2) is 17.6 Å². The van der Waals surface area contributed by atoms with Crippen molar-refractivity contribution in [2.45, 2.75) is 56.5 Å². The molecule has 0 spiro atoms. The normalized spacial score (nSPS) is 27.4. The number of nitriles is 1. The van der Waals surface area contributed by atoms with E-state index in [1.54, 1.807) is 6.07 Å². The van der Waals surface area contributed by atoms with E-state index >= 15 is 4.39 Å². The predicted molar refractivity (Wildman–Crippen MR) is 175 cm³/mol. The molecule has 2 aromatic heterocycles. The molecule has 3 saturated heterocycles. The van der Waals surface area contributed by atoms with Crippen molar-refractivity contribution in [2.75, 3.05) is 50.0 Å². The van der Waals surface area contributed by atoms with Gasteiger partial charge in [0.15, 0.2) is 5.82 Å². The SMILES string of the molecule is N#Cc1c(N)sc2c(F)ccc(-c3c(Cl)cc4c(N5CC6CCC(C5)N6)nc(OC[C@]5(CN6CC[C@@H](F)C6)C[C@H](F)C5)nc4c3F)c12. The topological polar surface area (TPSA) is 103 Å². The third kappa shape index (κ3) is 5.33. The van der Waals surface area contributed by atoms with Crippen molar-refractivity contribution >= 4 is 54.7 Å². The lowest BCUT2D eigenvalue weighted by molar-refractivity contribution is -0.0376. The first-order valence-corrected chi connectivity index (χ1v) is 17.1. The highest BCUT2D eigenvalue weighted by molar-refractivity contribution is 7.23. The zero-order valence-electron chi connectivity index (χ0n) is 25.3. The fourth-order valence-electron chi connectivity index (χ4n) is 7.98. The lowest BCUT2D eigenvalue weighted by atomic mass is 9.67. The van der Waals surface area contributed by atoms with Crippen LogP contribution in [-0.4, -0.2) is 78.6 Å². The van der Waals surface area contributed by atoms with Crippen LogP contribution in [0.15, 0.2) is 18.2 Å². The summed E-state index contributed by atoms with van der Waals surface area (Å²) in [6.45, 7) is 2.81. The van der Waals surface area contributed by atoms with Crippen molar-refractivity contribution in [3.8, 4) is 23.2 Å². The van der Waals surface area contributed by atoms with Crippen LogP contribution in [0.4, 0.5) is 28.4 Å². The number of alkyl halides is 2. The second-order valence-corrected chi connectivity index (χ2v) is 14.9. The Kier molecular flexibility index (Phi) is 7.63. The Morgan fingerprint density at radius 1 is 1.11 bits per heavy atom. The fourth-order valence-corrected chi connectivity index (χ4v) is 9.23. The number of ether oxygens (including phenoxy) is 1. The molecule has 2 bridgehead atoms. The number of hydrogen-bond donors (Lipinski definition) is 2. The maximum absolute atomic E-state index is 16.9. The van der Waals surface area contributed by atoms with Crippen LogP contribution in [0.5, 0.6) is 6.01 Å². The smallest absolute Gasteiger partial charge is 0.319 e. The third-order valence-electron chi connectivity index (χ3n) is 10.1. The van der Waals surface area contributed by atoms with Crippen molar-refractivity contribution in [1.82, 2.24) is 20.2 Å². The quantitative estimate of drug-likeness (QED) is 0.216. The van der Waals surface area contributed by atoms with E-state index in [0.29, 0.717) is 50.3 Å². The summed E-state index contributed by atoms with van der Waals surface area (Å²) in [5.41, 5.74) is 5.71. The molecule has 246 valence electrons. The van der Waals surface area contributed by atoms with Gasteiger partial charge < -0.3 is 20.7 Å². The number of nitrogens with one attached hydrogen (secondary N) is 1. The Labute approximate surface area is 277 Å². The highest BCUT2D eigenvalue weighted by Crippen LogP contribution is 2.47. The molecule has 8 nitrogen and oxygen atoms in total. The van der Waals surface area contributed by atoms with Crippen molar-refractivity contribution in [1.29, 1.82) is 5.26 Å². The van der Waals surface area contributed by atoms with Gasteiger partial charge in [-0.1, -0.05) is 17.7 Å². The number of anilines is 2. The maximum atomic E-state index is 16.9. The van der Waals surface area contributed by atoms with E-state index in [0.717, 1.165) is 24.2 Å². The first kappa shape index (κ1) is 30.9. The fraction of sp³-hybridized carbons (Fsp3) is 0.485. The molecule has 4 aliphatic rings. The Morgan fingerprint density at radius 3 is 2.55 bits per heavy atom. The Bertz CT molecular complexity index is 1930. The van der Waals surface area contributed by atoms with E-state index in [9.17, 15) is 18.4 Å². The van der Waals surface area contributed by atoms with Crippen molar-refractivity contribution in [3.63, 3.8) is 0 Å². The van der Waals surface area contributed by atoms with Crippen LogP contribution in [0.2, 0.25) is 5.02 Å². The predicted octanol–water partition coefficient (Wildman–Crippen LogP) is 6.38. The van der Waals surface area contributed by atoms with Crippen molar-refractivity contribution in [3.05, 3.63) is 40.4 Å². The first-order chi connectivity index (χ1) is 22.6. The molecule has 0 amide bonds. The summed E-state index contributed by atoms with van der Waals surface area (Å²) in [5, 5.41) is 14.2. The van der Waals surface area contributed by atoms with Gasteiger partial charge in [-0.05, 0) is 49.8 Å². The lowest BCUT2D eigenvalue weighted by Crippen LogP contribution is -2.51. The van der Waals surface area contributed by atoms with Crippen molar-refractivity contribution < 1.29 is 22.3 Å². The Balaban J connectivity index is 1.23. The molecular weight excluding hydrogens is 654 g/mol. The number of nitrogens with two attached hydrogens (primary N) is 1. The van der Waals surface area contributed by atoms with Crippen LogP contribution in [-0.2, 0) is 0 Å². The molecule has 8 rings (SSSR count). The number of benzene rings is 2. The van der Waals surface area contributed by atoms with E-state index in [4.69, 9.17) is 27.1 Å². The van der Waals surface area contributed by atoms with Gasteiger partial charge in [0.1, 0.15) is 40.6 Å². The zero-order valence-corrected chi connectivity index (χ0v) is 26.9. The summed E-state index contributed by atoms with van der Waals surface area (Å²) in [6.07, 6.45) is 1.19. The summed E-state index contributed by atoms with van der Waals surface area (Å²) < 4.78 is 66.3.